The molecule has 0 aliphatic heterocycles. The molecule has 0 N–H and O–H groups in total. The molecule has 0 aromatic heterocycles. The molecule has 0 radical (unpaired) electrons. The van der Waals surface area contributed by atoms with E-state index in [1.54, 1.807) is 0 Å². The Morgan fingerprint density at radius 1 is 1.00 bits per heavy atom. The fourth-order valence-corrected chi connectivity index (χ4v) is 0. The van der Waals surface area contributed by atoms with Crippen molar-refractivity contribution in [2.24, 2.45) is 0 Å². The minimum Gasteiger partial charge on any atom is -0.652 e. The van der Waals surface area contributed by atoms with E-state index >= 15 is 0 Å². The fourth-order valence-electron chi connectivity index (χ4n) is 0. The van der Waals surface area contributed by atoms with Gasteiger partial charge in [0.2, 0.25) is 0 Å². The maximum Gasteiger partial charge on any atom is 1.00 e. The Hall–Kier alpha value is 2.71. The summed E-state index contributed by atoms with van der Waals surface area (Å²) in [5.41, 5.74) is 0. The molecule has 0 fully saturated rings. The van der Waals surface area contributed by atoms with Crippen LogP contribution in [0.4, 0.5) is 4.79 Å². The molecule has 0 aromatic rings. The molecule has 9 heteroatoms. The molecule has 0 saturated carbocycles. The van der Waals surface area contributed by atoms with E-state index in [-0.39, 0.29) is 103 Å². The molecular formula is CClK2O6-. The predicted molar refractivity (Wildman–Crippen MR) is 5.40 cm³/mol. The van der Waals surface area contributed by atoms with Crippen LogP contribution in [0.25, 0.3) is 0 Å². The third kappa shape index (κ3) is 137. The molecule has 0 atom stereocenters. The van der Waals surface area contributed by atoms with E-state index in [9.17, 15) is 0 Å². The molecule has 50 valence electrons. The number of rotatable bonds is 0. The first-order valence-corrected chi connectivity index (χ1v) is 2.00. The summed E-state index contributed by atoms with van der Waals surface area (Å²) < 4.78 is 25.2. The summed E-state index contributed by atoms with van der Waals surface area (Å²) in [7, 11) is -2.85. The molecule has 0 spiro atoms. The summed E-state index contributed by atoms with van der Waals surface area (Å²) in [5, 5.41) is 16.7. The van der Waals surface area contributed by atoms with Crippen LogP contribution >= 0.6 is 0 Å². The van der Waals surface area contributed by atoms with E-state index in [1.165, 1.54) is 0 Å². The van der Waals surface area contributed by atoms with E-state index in [0.29, 0.717) is 0 Å². The fraction of sp³-hybridized carbons (Fsp3) is 0. The number of hydrogen-bond acceptors (Lipinski definition) is 6. The molecule has 0 aliphatic carbocycles. The average molecular weight is 222 g/mol. The summed E-state index contributed by atoms with van der Waals surface area (Å²) >= 11 is 0. The Bertz CT molecular complexity index is 60.0. The van der Waals surface area contributed by atoms with Crippen molar-refractivity contribution in [3.05, 3.63) is 0 Å². The van der Waals surface area contributed by atoms with Gasteiger partial charge in [-0.3, -0.25) is 0 Å². The maximum atomic E-state index is 8.41. The van der Waals surface area contributed by atoms with Crippen molar-refractivity contribution in [1.29, 1.82) is 0 Å². The molecule has 0 saturated heterocycles. The van der Waals surface area contributed by atoms with Crippen LogP contribution in [0.15, 0.2) is 0 Å². The zero-order valence-electron chi connectivity index (χ0n) is 5.33. The van der Waals surface area contributed by atoms with Crippen LogP contribution < -0.4 is 127 Å². The van der Waals surface area contributed by atoms with Gasteiger partial charge in [0.15, 0.2) is 0 Å². The van der Waals surface area contributed by atoms with Crippen molar-refractivity contribution in [2.45, 2.75) is 0 Å². The molecule has 10 heavy (non-hydrogen) atoms. The molecule has 0 unspecified atom stereocenters. The second kappa shape index (κ2) is 17.7. The molecule has 0 amide bonds. The monoisotopic (exact) mass is 221 g/mol. The Balaban J connectivity index is -0.0000000300. The van der Waals surface area contributed by atoms with Crippen molar-refractivity contribution in [2.75, 3.05) is 0 Å². The smallest absolute Gasteiger partial charge is 0.652 e. The standard InChI is InChI=1S/CH2O3.ClO3.2K/c2*2-1(3)4;;/h(H2,2,3,4);;;/q;-1;2*+1/p-2. The van der Waals surface area contributed by atoms with Gasteiger partial charge in [0.1, 0.15) is 0 Å². The van der Waals surface area contributed by atoms with Gasteiger partial charge in [0.05, 0.1) is 10.8 Å². The second-order valence-corrected chi connectivity index (χ2v) is 0.817. The summed E-state index contributed by atoms with van der Waals surface area (Å²) in [6.07, 6.45) is -2.33. The van der Waals surface area contributed by atoms with Crippen molar-refractivity contribution >= 4 is 6.16 Å². The summed E-state index contributed by atoms with van der Waals surface area (Å²) in [6.45, 7) is 0. The number of hydrogen-bond donors (Lipinski definition) is 0. The van der Waals surface area contributed by atoms with Crippen LogP contribution in [-0.4, -0.2) is 6.16 Å². The molecule has 6 nitrogen and oxygen atoms in total. The molecule has 0 rings (SSSR count). The van der Waals surface area contributed by atoms with E-state index < -0.39 is 16.9 Å². The minimum atomic E-state index is -2.85. The second-order valence-electron chi connectivity index (χ2n) is 0.439. The normalized spacial score (nSPS) is 6.00. The first kappa shape index (κ1) is 23.0. The van der Waals surface area contributed by atoms with Crippen molar-refractivity contribution < 1.29 is 143 Å². The third-order valence-corrected chi connectivity index (χ3v) is 0. The predicted octanol–water partition coefficient (Wildman–Crippen LogP) is -12.0. The topological polar surface area (TPSA) is 132 Å². The Morgan fingerprint density at radius 2 is 1.00 bits per heavy atom. The summed E-state index contributed by atoms with van der Waals surface area (Å²) in [4.78, 5) is 8.33. The van der Waals surface area contributed by atoms with Gasteiger partial charge in [-0.25, -0.2) is 0 Å². The largest absolute Gasteiger partial charge is 1.00 e. The van der Waals surface area contributed by atoms with E-state index in [0.717, 1.165) is 0 Å². The van der Waals surface area contributed by atoms with Crippen LogP contribution in [0.3, 0.4) is 0 Å². The van der Waals surface area contributed by atoms with Crippen LogP contribution in [-0.2, 0) is 0 Å². The first-order chi connectivity index (χ1) is 3.46. The molecule has 0 heterocycles. The first-order valence-electron chi connectivity index (χ1n) is 1.08. The van der Waals surface area contributed by atoms with Crippen LogP contribution in [0.2, 0.25) is 0 Å². The van der Waals surface area contributed by atoms with Gasteiger partial charge in [-0.1, -0.05) is 0 Å². The zero-order valence-corrected chi connectivity index (χ0v) is 12.3. The van der Waals surface area contributed by atoms with Gasteiger partial charge in [-0.15, -0.1) is 0 Å². The van der Waals surface area contributed by atoms with Crippen LogP contribution in [0.5, 0.6) is 0 Å². The minimum absolute atomic E-state index is 0. The quantitative estimate of drug-likeness (QED) is 0.373. The van der Waals surface area contributed by atoms with Crippen molar-refractivity contribution in [3.63, 3.8) is 0 Å². The number of halogens is 1. The Morgan fingerprint density at radius 3 is 1.00 bits per heavy atom. The Kier molecular flexibility index (Phi) is 40.7. The zero-order chi connectivity index (χ0) is 7.15. The third-order valence-electron chi connectivity index (χ3n) is 0. The molecule has 0 bridgehead atoms. The van der Waals surface area contributed by atoms with Crippen LogP contribution in [0.1, 0.15) is 0 Å². The Labute approximate surface area is 145 Å². The molecule has 0 aromatic carbocycles. The number of carbonyl (C=O) groups is 1. The molecular weight excluding hydrogens is 222 g/mol. The number of carboxylic acid groups (broad SMARTS) is 2. The maximum absolute atomic E-state index is 8.41. The van der Waals surface area contributed by atoms with Gasteiger partial charge >= 0.3 is 103 Å². The van der Waals surface area contributed by atoms with Crippen LogP contribution in [0, 0.1) is 10.8 Å². The van der Waals surface area contributed by atoms with Gasteiger partial charge in [-0.2, -0.15) is 0 Å². The van der Waals surface area contributed by atoms with Gasteiger partial charge in [-0.05, 0) is 6.16 Å². The summed E-state index contributed by atoms with van der Waals surface area (Å²) in [5.74, 6) is 0. The summed E-state index contributed by atoms with van der Waals surface area (Å²) in [6, 6.07) is 0. The van der Waals surface area contributed by atoms with Crippen molar-refractivity contribution in [3.8, 4) is 0 Å². The van der Waals surface area contributed by atoms with Gasteiger partial charge < -0.3 is 29.0 Å². The van der Waals surface area contributed by atoms with E-state index in [2.05, 4.69) is 0 Å². The average Bonchev–Trinajstić information content (AvgIpc) is 1.25. The SMILES string of the molecule is O=C([O-])[O-].[K+].[K+].[O-][Cl+2]([O-])[O-]. The van der Waals surface area contributed by atoms with Gasteiger partial charge in [0.25, 0.3) is 0 Å². The van der Waals surface area contributed by atoms with E-state index in [4.69, 9.17) is 29.0 Å². The number of carbonyl (C=O) groups excluding carboxylic acids is 1. The van der Waals surface area contributed by atoms with Crippen molar-refractivity contribution in [1.82, 2.24) is 0 Å². The van der Waals surface area contributed by atoms with E-state index in [1.807, 2.05) is 0 Å². The molecule has 0 aliphatic rings. The van der Waals surface area contributed by atoms with Gasteiger partial charge in [0, 0.05) is 0 Å².